The van der Waals surface area contributed by atoms with Gasteiger partial charge in [-0.15, -0.1) is 0 Å². The Morgan fingerprint density at radius 3 is 2.46 bits per heavy atom. The number of ether oxygens (including phenoxy) is 2. The Morgan fingerprint density at radius 1 is 1.00 bits per heavy atom. The van der Waals surface area contributed by atoms with Crippen LogP contribution in [-0.4, -0.2) is 52.9 Å². The third kappa shape index (κ3) is 6.64. The van der Waals surface area contributed by atoms with Crippen molar-refractivity contribution in [2.24, 2.45) is 0 Å². The van der Waals surface area contributed by atoms with Gasteiger partial charge < -0.3 is 9.47 Å². The Kier molecular flexibility index (Phi) is 9.88. The molecule has 2 heterocycles. The number of nitriles is 1. The Labute approximate surface area is 241 Å². The average Bonchev–Trinajstić information content (AvgIpc) is 3.39. The van der Waals surface area contributed by atoms with Gasteiger partial charge in [0.25, 0.3) is 11.8 Å². The standard InChI is InChI=1S/C33H36N4O4/c1-5-7-18-41-27-14-15-28(23(3)19-27)31-25(22-37(35-31)26-12-9-8-10-13-26)20-29-24(4)30(21-34)33(39)36(32(29)38)16-11-17-40-6-2/h8-10,12-15,19-20,22H,5-7,11,16-18H2,1-4H3/b29-20+. The fourth-order valence-electron chi connectivity index (χ4n) is 4.70. The number of para-hydroxylation sites is 1. The first-order valence-corrected chi connectivity index (χ1v) is 14.0. The topological polar surface area (TPSA) is 97.4 Å². The molecule has 0 saturated heterocycles. The van der Waals surface area contributed by atoms with Crippen LogP contribution in [0.15, 0.2) is 71.4 Å². The van der Waals surface area contributed by atoms with Crippen LogP contribution >= 0.6 is 0 Å². The first-order valence-electron chi connectivity index (χ1n) is 14.0. The van der Waals surface area contributed by atoms with E-state index in [-0.39, 0.29) is 12.1 Å². The maximum atomic E-state index is 13.6. The van der Waals surface area contributed by atoms with Gasteiger partial charge in [-0.25, -0.2) is 4.68 Å². The molecule has 1 aromatic heterocycles. The van der Waals surface area contributed by atoms with Gasteiger partial charge in [-0.2, -0.15) is 10.4 Å². The van der Waals surface area contributed by atoms with Gasteiger partial charge in [-0.1, -0.05) is 31.5 Å². The Hall–Kier alpha value is -4.48. The maximum Gasteiger partial charge on any atom is 0.271 e. The SMILES string of the molecule is CCCCOc1ccc(-c2nn(-c3ccccc3)cc2/C=C2/C(=O)N(CCCOCC)C(=O)C(C#N)=C2C)c(C)c1. The predicted octanol–water partition coefficient (Wildman–Crippen LogP) is 6.05. The van der Waals surface area contributed by atoms with E-state index in [2.05, 4.69) is 6.92 Å². The number of rotatable bonds is 12. The van der Waals surface area contributed by atoms with Gasteiger partial charge >= 0.3 is 0 Å². The highest BCUT2D eigenvalue weighted by Gasteiger charge is 2.35. The molecule has 0 atom stereocenters. The number of carbonyl (C=O) groups excluding carboxylic acids is 2. The molecule has 2 amide bonds. The van der Waals surface area contributed by atoms with Crippen LogP contribution in [0.4, 0.5) is 0 Å². The van der Waals surface area contributed by atoms with Crippen LogP contribution in [0.25, 0.3) is 23.0 Å². The summed E-state index contributed by atoms with van der Waals surface area (Å²) in [6.45, 7) is 9.46. The van der Waals surface area contributed by atoms with E-state index in [9.17, 15) is 14.9 Å². The van der Waals surface area contributed by atoms with E-state index in [4.69, 9.17) is 14.6 Å². The second-order valence-electron chi connectivity index (χ2n) is 9.87. The molecule has 1 aliphatic heterocycles. The molecule has 41 heavy (non-hydrogen) atoms. The van der Waals surface area contributed by atoms with E-state index in [1.807, 2.05) is 74.6 Å². The molecule has 0 aliphatic carbocycles. The molecule has 8 heteroatoms. The number of nitrogens with zero attached hydrogens (tertiary/aromatic N) is 4. The largest absolute Gasteiger partial charge is 0.494 e. The quantitative estimate of drug-likeness (QED) is 0.154. The molecule has 0 unspecified atom stereocenters. The number of hydrogen-bond donors (Lipinski definition) is 0. The van der Waals surface area contributed by atoms with Gasteiger partial charge in [0.15, 0.2) is 0 Å². The lowest BCUT2D eigenvalue weighted by Gasteiger charge is -2.27. The minimum Gasteiger partial charge on any atom is -0.494 e. The van der Waals surface area contributed by atoms with Gasteiger partial charge in [-0.3, -0.25) is 14.5 Å². The van der Waals surface area contributed by atoms with E-state index in [0.29, 0.717) is 48.6 Å². The summed E-state index contributed by atoms with van der Waals surface area (Å²) in [5, 5.41) is 14.7. The Morgan fingerprint density at radius 2 is 1.78 bits per heavy atom. The van der Waals surface area contributed by atoms with Crippen LogP contribution in [0.1, 0.15) is 51.2 Å². The van der Waals surface area contributed by atoms with Crippen molar-refractivity contribution < 1.29 is 19.1 Å². The summed E-state index contributed by atoms with van der Waals surface area (Å²) in [4.78, 5) is 27.8. The summed E-state index contributed by atoms with van der Waals surface area (Å²) in [7, 11) is 0. The zero-order valence-electron chi connectivity index (χ0n) is 24.1. The van der Waals surface area contributed by atoms with Crippen molar-refractivity contribution in [2.75, 3.05) is 26.4 Å². The summed E-state index contributed by atoms with van der Waals surface area (Å²) in [5.74, 6) is -0.209. The number of carbonyl (C=O) groups is 2. The maximum absolute atomic E-state index is 13.6. The van der Waals surface area contributed by atoms with Crippen molar-refractivity contribution in [3.05, 3.63) is 82.6 Å². The summed E-state index contributed by atoms with van der Waals surface area (Å²) < 4.78 is 13.1. The van der Waals surface area contributed by atoms with Crippen molar-refractivity contribution in [3.8, 4) is 28.8 Å². The smallest absolute Gasteiger partial charge is 0.271 e. The van der Waals surface area contributed by atoms with Gasteiger partial charge in [0, 0.05) is 42.7 Å². The second-order valence-corrected chi connectivity index (χ2v) is 9.87. The lowest BCUT2D eigenvalue weighted by atomic mass is 9.92. The van der Waals surface area contributed by atoms with Gasteiger partial charge in [0.1, 0.15) is 23.1 Å². The molecule has 212 valence electrons. The Bertz CT molecular complexity index is 1510. The highest BCUT2D eigenvalue weighted by molar-refractivity contribution is 6.19. The van der Waals surface area contributed by atoms with Crippen molar-refractivity contribution in [2.45, 2.75) is 47.0 Å². The number of unbranched alkanes of at least 4 members (excludes halogenated alkanes) is 1. The molecule has 0 saturated carbocycles. The monoisotopic (exact) mass is 552 g/mol. The fraction of sp³-hybridized carbons (Fsp3) is 0.333. The van der Waals surface area contributed by atoms with E-state index < -0.39 is 11.8 Å². The number of amides is 2. The number of benzene rings is 2. The highest BCUT2D eigenvalue weighted by Crippen LogP contribution is 2.33. The lowest BCUT2D eigenvalue weighted by molar-refractivity contribution is -0.140. The number of imide groups is 1. The minimum absolute atomic E-state index is 0.0333. The van der Waals surface area contributed by atoms with Crippen molar-refractivity contribution in [1.82, 2.24) is 14.7 Å². The van der Waals surface area contributed by atoms with E-state index in [1.165, 1.54) is 0 Å². The molecule has 0 bridgehead atoms. The number of aryl methyl sites for hydroxylation is 1. The number of hydrogen-bond acceptors (Lipinski definition) is 6. The fourth-order valence-corrected chi connectivity index (χ4v) is 4.70. The Balaban J connectivity index is 1.80. The van der Waals surface area contributed by atoms with Crippen molar-refractivity contribution in [1.29, 1.82) is 5.26 Å². The molecule has 3 aromatic rings. The zero-order valence-corrected chi connectivity index (χ0v) is 24.1. The minimum atomic E-state index is -0.571. The average molecular weight is 553 g/mol. The first-order chi connectivity index (χ1) is 19.9. The summed E-state index contributed by atoms with van der Waals surface area (Å²) in [5.41, 5.74) is 4.73. The van der Waals surface area contributed by atoms with Gasteiger partial charge in [0.2, 0.25) is 0 Å². The van der Waals surface area contributed by atoms with Crippen LogP contribution in [0.3, 0.4) is 0 Å². The van der Waals surface area contributed by atoms with E-state index in [0.717, 1.165) is 40.3 Å². The van der Waals surface area contributed by atoms with Crippen LogP contribution < -0.4 is 4.74 Å². The summed E-state index contributed by atoms with van der Waals surface area (Å²) >= 11 is 0. The lowest BCUT2D eigenvalue weighted by Crippen LogP contribution is -2.43. The molecule has 0 radical (unpaired) electrons. The molecular weight excluding hydrogens is 516 g/mol. The first kappa shape index (κ1) is 29.5. The van der Waals surface area contributed by atoms with Crippen molar-refractivity contribution in [3.63, 3.8) is 0 Å². The van der Waals surface area contributed by atoms with Crippen molar-refractivity contribution >= 4 is 17.9 Å². The van der Waals surface area contributed by atoms with E-state index in [1.54, 1.807) is 17.7 Å². The van der Waals surface area contributed by atoms with Crippen LogP contribution in [0.2, 0.25) is 0 Å². The molecule has 4 rings (SSSR count). The second kappa shape index (κ2) is 13.7. The summed E-state index contributed by atoms with van der Waals surface area (Å²) in [6.07, 6.45) is 6.13. The molecule has 8 nitrogen and oxygen atoms in total. The molecule has 0 N–H and O–H groups in total. The van der Waals surface area contributed by atoms with Crippen LogP contribution in [0, 0.1) is 18.3 Å². The van der Waals surface area contributed by atoms with E-state index >= 15 is 0 Å². The normalized spacial score (nSPS) is 14.6. The third-order valence-corrected chi connectivity index (χ3v) is 6.98. The highest BCUT2D eigenvalue weighted by atomic mass is 16.5. The third-order valence-electron chi connectivity index (χ3n) is 6.98. The summed E-state index contributed by atoms with van der Waals surface area (Å²) in [6, 6.07) is 17.6. The zero-order chi connectivity index (χ0) is 29.4. The molecule has 1 aliphatic rings. The van der Waals surface area contributed by atoms with Crippen LogP contribution in [0.5, 0.6) is 5.75 Å². The molecule has 0 fully saturated rings. The molecule has 0 spiro atoms. The number of aromatic nitrogens is 2. The predicted molar refractivity (Wildman–Crippen MR) is 158 cm³/mol. The van der Waals surface area contributed by atoms with Gasteiger partial charge in [0.05, 0.1) is 12.3 Å². The van der Waals surface area contributed by atoms with Crippen LogP contribution in [-0.2, 0) is 14.3 Å². The molecule has 2 aromatic carbocycles. The molecular formula is C33H36N4O4. The van der Waals surface area contributed by atoms with Gasteiger partial charge in [-0.05, 0) is 81.2 Å².